The SMILES string of the molecule is CCCC(CC)OC(C)(C)CC(C)(C)C(O)CF. The molecule has 0 amide bonds. The summed E-state index contributed by atoms with van der Waals surface area (Å²) in [7, 11) is 0. The molecule has 0 saturated carbocycles. The Labute approximate surface area is 112 Å². The zero-order chi connectivity index (χ0) is 14.4. The Hall–Kier alpha value is -0.150. The van der Waals surface area contributed by atoms with Gasteiger partial charge >= 0.3 is 0 Å². The predicted molar refractivity (Wildman–Crippen MR) is 74.5 cm³/mol. The molecular formula is C15H31FO2. The van der Waals surface area contributed by atoms with E-state index in [2.05, 4.69) is 13.8 Å². The van der Waals surface area contributed by atoms with Gasteiger partial charge < -0.3 is 9.84 Å². The number of halogens is 1. The Bertz CT molecular complexity index is 227. The van der Waals surface area contributed by atoms with Crippen molar-refractivity contribution in [1.29, 1.82) is 0 Å². The maximum Gasteiger partial charge on any atom is 0.116 e. The van der Waals surface area contributed by atoms with Gasteiger partial charge in [0.25, 0.3) is 0 Å². The van der Waals surface area contributed by atoms with E-state index in [0.29, 0.717) is 6.42 Å². The lowest BCUT2D eigenvalue weighted by atomic mass is 9.77. The van der Waals surface area contributed by atoms with Crippen molar-refractivity contribution in [2.45, 2.75) is 85.0 Å². The minimum absolute atomic E-state index is 0.253. The summed E-state index contributed by atoms with van der Waals surface area (Å²) >= 11 is 0. The molecule has 0 aliphatic rings. The quantitative estimate of drug-likeness (QED) is 0.677. The summed E-state index contributed by atoms with van der Waals surface area (Å²) in [6.07, 6.45) is 3.11. The van der Waals surface area contributed by atoms with Gasteiger partial charge in [-0.2, -0.15) is 0 Å². The zero-order valence-corrected chi connectivity index (χ0v) is 12.9. The molecule has 3 heteroatoms. The standard InChI is InChI=1S/C15H31FO2/c1-7-9-12(8-2)18-15(5,6)11-14(3,4)13(17)10-16/h12-13,17H,7-11H2,1-6H3. The van der Waals surface area contributed by atoms with Crippen molar-refractivity contribution in [2.75, 3.05) is 6.67 Å². The smallest absolute Gasteiger partial charge is 0.116 e. The summed E-state index contributed by atoms with van der Waals surface area (Å²) in [5.41, 5.74) is -0.807. The van der Waals surface area contributed by atoms with Crippen LogP contribution < -0.4 is 0 Å². The molecule has 1 N–H and O–H groups in total. The highest BCUT2D eigenvalue weighted by Gasteiger charge is 2.36. The van der Waals surface area contributed by atoms with Crippen LogP contribution in [0.1, 0.15) is 67.2 Å². The molecule has 0 aliphatic carbocycles. The van der Waals surface area contributed by atoms with Crippen molar-refractivity contribution < 1.29 is 14.2 Å². The van der Waals surface area contributed by atoms with Crippen LogP contribution in [-0.4, -0.2) is 29.6 Å². The lowest BCUT2D eigenvalue weighted by Gasteiger charge is -2.39. The fourth-order valence-electron chi connectivity index (χ4n) is 2.59. The van der Waals surface area contributed by atoms with E-state index in [1.54, 1.807) is 0 Å². The van der Waals surface area contributed by atoms with Crippen molar-refractivity contribution in [2.24, 2.45) is 5.41 Å². The van der Waals surface area contributed by atoms with Crippen molar-refractivity contribution in [3.63, 3.8) is 0 Å². The molecule has 0 radical (unpaired) electrons. The van der Waals surface area contributed by atoms with E-state index in [9.17, 15) is 9.50 Å². The molecule has 0 saturated heterocycles. The average molecular weight is 262 g/mol. The van der Waals surface area contributed by atoms with Crippen LogP contribution in [0.15, 0.2) is 0 Å². The van der Waals surface area contributed by atoms with Crippen LogP contribution in [0.4, 0.5) is 4.39 Å². The van der Waals surface area contributed by atoms with Gasteiger partial charge in [0.05, 0.1) is 17.8 Å². The Morgan fingerprint density at radius 3 is 2.11 bits per heavy atom. The fourth-order valence-corrected chi connectivity index (χ4v) is 2.59. The second-order valence-electron chi connectivity index (χ2n) is 6.53. The zero-order valence-electron chi connectivity index (χ0n) is 12.9. The average Bonchev–Trinajstić information content (AvgIpc) is 2.25. The summed E-state index contributed by atoms with van der Waals surface area (Å²) in [5, 5.41) is 9.71. The highest BCUT2D eigenvalue weighted by molar-refractivity contribution is 4.86. The first kappa shape index (κ1) is 17.8. The van der Waals surface area contributed by atoms with E-state index >= 15 is 0 Å². The monoisotopic (exact) mass is 262 g/mol. The normalized spacial score (nSPS) is 16.7. The van der Waals surface area contributed by atoms with Gasteiger partial charge in [0, 0.05) is 0 Å². The molecule has 2 unspecified atom stereocenters. The summed E-state index contributed by atoms with van der Waals surface area (Å²) in [4.78, 5) is 0. The highest BCUT2D eigenvalue weighted by atomic mass is 19.1. The molecule has 0 rings (SSSR count). The summed E-state index contributed by atoms with van der Waals surface area (Å²) in [5.74, 6) is 0. The second-order valence-corrected chi connectivity index (χ2v) is 6.53. The molecule has 0 fully saturated rings. The third kappa shape index (κ3) is 6.14. The van der Waals surface area contributed by atoms with E-state index in [1.807, 2.05) is 27.7 Å². The van der Waals surface area contributed by atoms with Crippen molar-refractivity contribution in [3.8, 4) is 0 Å². The lowest BCUT2D eigenvalue weighted by Crippen LogP contribution is -2.41. The molecule has 0 bridgehead atoms. The minimum Gasteiger partial charge on any atom is -0.390 e. The predicted octanol–water partition coefficient (Wildman–Crippen LogP) is 4.11. The van der Waals surface area contributed by atoms with E-state index in [1.165, 1.54) is 0 Å². The number of aliphatic hydroxyl groups excluding tert-OH is 1. The number of alkyl halides is 1. The molecule has 0 aromatic heterocycles. The molecular weight excluding hydrogens is 231 g/mol. The Morgan fingerprint density at radius 1 is 1.17 bits per heavy atom. The molecule has 0 aromatic carbocycles. The second kappa shape index (κ2) is 7.44. The third-order valence-corrected chi connectivity index (χ3v) is 3.48. The van der Waals surface area contributed by atoms with E-state index in [-0.39, 0.29) is 11.7 Å². The van der Waals surface area contributed by atoms with Crippen molar-refractivity contribution >= 4 is 0 Å². The number of rotatable bonds is 9. The maximum atomic E-state index is 12.6. The molecule has 110 valence electrons. The van der Waals surface area contributed by atoms with Gasteiger partial charge in [-0.15, -0.1) is 0 Å². The highest BCUT2D eigenvalue weighted by Crippen LogP contribution is 2.34. The number of hydrogen-bond acceptors (Lipinski definition) is 2. The van der Waals surface area contributed by atoms with Gasteiger partial charge in [0.2, 0.25) is 0 Å². The molecule has 0 heterocycles. The van der Waals surface area contributed by atoms with Crippen LogP contribution in [0.3, 0.4) is 0 Å². The molecule has 0 aliphatic heterocycles. The van der Waals surface area contributed by atoms with Crippen LogP contribution in [0.25, 0.3) is 0 Å². The minimum atomic E-state index is -0.924. The number of aliphatic hydroxyl groups is 1. The van der Waals surface area contributed by atoms with Gasteiger partial charge in [0.15, 0.2) is 0 Å². The van der Waals surface area contributed by atoms with E-state index < -0.39 is 18.2 Å². The molecule has 0 spiro atoms. The van der Waals surface area contributed by atoms with Gasteiger partial charge in [0.1, 0.15) is 6.67 Å². The van der Waals surface area contributed by atoms with Gasteiger partial charge in [-0.05, 0) is 38.5 Å². The molecule has 0 aromatic rings. The molecule has 2 atom stereocenters. The summed E-state index contributed by atoms with van der Waals surface area (Å²) in [6.45, 7) is 11.4. The van der Waals surface area contributed by atoms with Crippen molar-refractivity contribution in [3.05, 3.63) is 0 Å². The van der Waals surface area contributed by atoms with Gasteiger partial charge in [-0.1, -0.05) is 34.1 Å². The third-order valence-electron chi connectivity index (χ3n) is 3.48. The Balaban J connectivity index is 4.53. The Morgan fingerprint density at radius 2 is 1.72 bits per heavy atom. The van der Waals surface area contributed by atoms with Crippen LogP contribution >= 0.6 is 0 Å². The topological polar surface area (TPSA) is 29.5 Å². The summed E-state index contributed by atoms with van der Waals surface area (Å²) in [6, 6.07) is 0. The van der Waals surface area contributed by atoms with Crippen LogP contribution in [0.2, 0.25) is 0 Å². The van der Waals surface area contributed by atoms with E-state index in [0.717, 1.165) is 19.3 Å². The van der Waals surface area contributed by atoms with Crippen LogP contribution in [-0.2, 0) is 4.74 Å². The van der Waals surface area contributed by atoms with Crippen LogP contribution in [0.5, 0.6) is 0 Å². The van der Waals surface area contributed by atoms with Gasteiger partial charge in [-0.25, -0.2) is 4.39 Å². The molecule has 18 heavy (non-hydrogen) atoms. The summed E-state index contributed by atoms with van der Waals surface area (Å²) < 4.78 is 18.7. The first-order chi connectivity index (χ1) is 8.18. The fraction of sp³-hybridized carbons (Fsp3) is 1.00. The molecule has 2 nitrogen and oxygen atoms in total. The van der Waals surface area contributed by atoms with E-state index in [4.69, 9.17) is 4.74 Å². The first-order valence-electron chi connectivity index (χ1n) is 7.10. The lowest BCUT2D eigenvalue weighted by molar-refractivity contribution is -0.113. The van der Waals surface area contributed by atoms with Crippen molar-refractivity contribution in [1.82, 2.24) is 0 Å². The van der Waals surface area contributed by atoms with Crippen LogP contribution in [0, 0.1) is 5.41 Å². The largest absolute Gasteiger partial charge is 0.390 e. The number of hydrogen-bond donors (Lipinski definition) is 1. The Kier molecular flexibility index (Phi) is 7.38. The maximum absolute atomic E-state index is 12.6. The first-order valence-corrected chi connectivity index (χ1v) is 7.10. The van der Waals surface area contributed by atoms with Gasteiger partial charge in [-0.3, -0.25) is 0 Å². The number of ether oxygens (including phenoxy) is 1.